The van der Waals surface area contributed by atoms with E-state index >= 15 is 0 Å². The van der Waals surface area contributed by atoms with Gasteiger partial charge in [0.15, 0.2) is 0 Å². The Bertz CT molecular complexity index is 997. The number of carbonyl (C=O) groups excluding carboxylic acids is 1. The summed E-state index contributed by atoms with van der Waals surface area (Å²) in [6.07, 6.45) is 7.63. The summed E-state index contributed by atoms with van der Waals surface area (Å²) in [5.41, 5.74) is 1.59. The molecule has 3 fully saturated rings. The molecule has 1 aliphatic carbocycles. The lowest BCUT2D eigenvalue weighted by Gasteiger charge is -2.43. The van der Waals surface area contributed by atoms with Crippen molar-refractivity contribution in [1.82, 2.24) is 24.7 Å². The number of nitrogens with zero attached hydrogens (tertiary/aromatic N) is 6. The van der Waals surface area contributed by atoms with E-state index in [4.69, 9.17) is 9.47 Å². The maximum absolute atomic E-state index is 12.9. The Morgan fingerprint density at radius 1 is 0.943 bits per heavy atom. The van der Waals surface area contributed by atoms with Crippen molar-refractivity contribution in [3.8, 4) is 22.8 Å². The zero-order valence-corrected chi connectivity index (χ0v) is 20.9. The van der Waals surface area contributed by atoms with Crippen molar-refractivity contribution in [3.05, 3.63) is 30.6 Å². The normalized spacial score (nSPS) is 19.9. The number of amides is 1. The molecule has 5 rings (SSSR count). The number of hydrogen-bond donors (Lipinski definition) is 0. The van der Waals surface area contributed by atoms with Gasteiger partial charge in [-0.15, -0.1) is 0 Å². The lowest BCUT2D eigenvalue weighted by Crippen LogP contribution is -2.56. The third kappa shape index (κ3) is 5.36. The van der Waals surface area contributed by atoms with Crippen LogP contribution in [-0.2, 0) is 4.79 Å². The van der Waals surface area contributed by atoms with Crippen molar-refractivity contribution in [2.24, 2.45) is 0 Å². The smallest absolute Gasteiger partial charge is 0.236 e. The van der Waals surface area contributed by atoms with Crippen LogP contribution in [0.2, 0.25) is 0 Å². The molecule has 0 unspecified atom stereocenters. The molecule has 35 heavy (non-hydrogen) atoms. The molecular weight excluding hydrogens is 444 g/mol. The van der Waals surface area contributed by atoms with Gasteiger partial charge in [-0.05, 0) is 31.0 Å². The minimum Gasteiger partial charge on any atom is -0.497 e. The average Bonchev–Trinajstić information content (AvgIpc) is 2.88. The molecule has 2 aromatic rings. The van der Waals surface area contributed by atoms with Crippen molar-refractivity contribution in [2.45, 2.75) is 25.3 Å². The molecule has 0 N–H and O–H groups in total. The van der Waals surface area contributed by atoms with Crippen LogP contribution in [0, 0.1) is 0 Å². The van der Waals surface area contributed by atoms with E-state index in [1.54, 1.807) is 20.4 Å². The molecule has 2 saturated heterocycles. The molecule has 1 amide bonds. The first-order valence-electron chi connectivity index (χ1n) is 12.7. The fraction of sp³-hybridized carbons (Fsp3) is 0.577. The van der Waals surface area contributed by atoms with Crippen LogP contribution in [0.4, 0.5) is 5.82 Å². The van der Waals surface area contributed by atoms with Crippen molar-refractivity contribution in [1.29, 1.82) is 0 Å². The second-order valence-electron chi connectivity index (χ2n) is 9.59. The van der Waals surface area contributed by atoms with Gasteiger partial charge < -0.3 is 19.3 Å². The lowest BCUT2D eigenvalue weighted by molar-refractivity contribution is -0.134. The fourth-order valence-corrected chi connectivity index (χ4v) is 5.15. The van der Waals surface area contributed by atoms with Gasteiger partial charge >= 0.3 is 0 Å². The first-order valence-corrected chi connectivity index (χ1v) is 12.7. The average molecular weight is 481 g/mol. The Labute approximate surface area is 207 Å². The van der Waals surface area contributed by atoms with Gasteiger partial charge in [0.1, 0.15) is 17.3 Å². The number of carbonyl (C=O) groups is 1. The Hall–Kier alpha value is -2.91. The topological polar surface area (TPSA) is 74.3 Å². The number of rotatable bonds is 7. The van der Waals surface area contributed by atoms with E-state index in [0.717, 1.165) is 87.0 Å². The lowest BCUT2D eigenvalue weighted by atomic mass is 9.91. The molecule has 9 nitrogen and oxygen atoms in total. The van der Waals surface area contributed by atoms with E-state index in [-0.39, 0.29) is 5.91 Å². The predicted molar refractivity (Wildman–Crippen MR) is 135 cm³/mol. The van der Waals surface area contributed by atoms with Crippen LogP contribution >= 0.6 is 0 Å². The summed E-state index contributed by atoms with van der Waals surface area (Å²) in [6, 6.07) is 6.42. The summed E-state index contributed by atoms with van der Waals surface area (Å²) in [6.45, 7) is 7.67. The number of methoxy groups -OCH3 is 2. The minimum absolute atomic E-state index is 0.267. The molecule has 3 heterocycles. The van der Waals surface area contributed by atoms with Gasteiger partial charge in [0.05, 0.1) is 38.9 Å². The number of aromatic nitrogens is 2. The quantitative estimate of drug-likeness (QED) is 0.596. The van der Waals surface area contributed by atoms with E-state index in [2.05, 4.69) is 29.6 Å². The van der Waals surface area contributed by atoms with Gasteiger partial charge in [-0.3, -0.25) is 19.6 Å². The predicted octanol–water partition coefficient (Wildman–Crippen LogP) is 1.98. The second-order valence-corrected chi connectivity index (χ2v) is 9.59. The molecule has 188 valence electrons. The molecule has 3 aliphatic rings. The number of benzene rings is 1. The molecule has 1 aromatic carbocycles. The van der Waals surface area contributed by atoms with Crippen molar-refractivity contribution >= 4 is 11.7 Å². The second kappa shape index (κ2) is 10.8. The van der Waals surface area contributed by atoms with Gasteiger partial charge in [-0.2, -0.15) is 0 Å². The molecule has 0 atom stereocenters. The van der Waals surface area contributed by atoms with E-state index in [0.29, 0.717) is 6.54 Å². The van der Waals surface area contributed by atoms with Crippen LogP contribution < -0.4 is 14.4 Å². The monoisotopic (exact) mass is 480 g/mol. The van der Waals surface area contributed by atoms with Gasteiger partial charge in [0.2, 0.25) is 5.91 Å². The van der Waals surface area contributed by atoms with E-state index in [9.17, 15) is 4.79 Å². The summed E-state index contributed by atoms with van der Waals surface area (Å²) in [7, 11) is 3.29. The maximum Gasteiger partial charge on any atom is 0.236 e. The molecular formula is C26H36N6O3. The summed E-state index contributed by atoms with van der Waals surface area (Å²) >= 11 is 0. The molecule has 0 radical (unpaired) electrons. The number of piperazine rings is 2. The van der Waals surface area contributed by atoms with Crippen LogP contribution in [-0.4, -0.2) is 110 Å². The summed E-state index contributed by atoms with van der Waals surface area (Å²) < 4.78 is 10.8. The highest BCUT2D eigenvalue weighted by Gasteiger charge is 2.30. The van der Waals surface area contributed by atoms with E-state index in [1.807, 2.05) is 24.4 Å². The fourth-order valence-electron chi connectivity index (χ4n) is 5.15. The zero-order chi connectivity index (χ0) is 24.2. The zero-order valence-electron chi connectivity index (χ0n) is 20.9. The van der Waals surface area contributed by atoms with E-state index < -0.39 is 0 Å². The Morgan fingerprint density at radius 2 is 1.71 bits per heavy atom. The maximum atomic E-state index is 12.9. The van der Waals surface area contributed by atoms with Crippen LogP contribution in [0.1, 0.15) is 19.3 Å². The highest BCUT2D eigenvalue weighted by molar-refractivity contribution is 5.78. The van der Waals surface area contributed by atoms with Gasteiger partial charge in [0, 0.05) is 64.0 Å². The standard InChI is InChI=1S/C26H36N6O3/c1-34-21-6-7-24(35-2)22(16-21)23-17-28-25(18-27-23)31-10-8-29(9-11-31)19-26(33)32-14-12-30(13-15-32)20-4-3-5-20/h6-7,16-18,20H,3-5,8-15,19H2,1-2H3. The van der Waals surface area contributed by atoms with Gasteiger partial charge in [-0.25, -0.2) is 4.98 Å². The molecule has 0 spiro atoms. The van der Waals surface area contributed by atoms with E-state index in [1.165, 1.54) is 19.3 Å². The first-order chi connectivity index (χ1) is 17.1. The summed E-state index contributed by atoms with van der Waals surface area (Å²) in [4.78, 5) is 31.3. The highest BCUT2D eigenvalue weighted by Crippen LogP contribution is 2.32. The Kier molecular flexibility index (Phi) is 7.34. The molecule has 1 aromatic heterocycles. The van der Waals surface area contributed by atoms with Crippen LogP contribution in [0.15, 0.2) is 30.6 Å². The molecule has 9 heteroatoms. The largest absolute Gasteiger partial charge is 0.497 e. The molecule has 1 saturated carbocycles. The highest BCUT2D eigenvalue weighted by atomic mass is 16.5. The Morgan fingerprint density at radius 3 is 2.31 bits per heavy atom. The summed E-state index contributed by atoms with van der Waals surface area (Å²) in [5, 5.41) is 0. The Balaban J connectivity index is 1.11. The van der Waals surface area contributed by atoms with Crippen LogP contribution in [0.5, 0.6) is 11.5 Å². The third-order valence-electron chi connectivity index (χ3n) is 7.63. The molecule has 0 bridgehead atoms. The molecule has 2 aliphatic heterocycles. The first kappa shape index (κ1) is 23.8. The van der Waals surface area contributed by atoms with Gasteiger partial charge in [0.25, 0.3) is 0 Å². The van der Waals surface area contributed by atoms with Crippen LogP contribution in [0.3, 0.4) is 0 Å². The summed E-state index contributed by atoms with van der Waals surface area (Å²) in [5.74, 6) is 2.60. The van der Waals surface area contributed by atoms with Crippen molar-refractivity contribution < 1.29 is 14.3 Å². The SMILES string of the molecule is COc1ccc(OC)c(-c2cnc(N3CCN(CC(=O)N4CCN(C5CCC5)CC4)CC3)cn2)c1. The van der Waals surface area contributed by atoms with Crippen molar-refractivity contribution in [3.63, 3.8) is 0 Å². The third-order valence-corrected chi connectivity index (χ3v) is 7.63. The number of hydrogen-bond acceptors (Lipinski definition) is 8. The number of ether oxygens (including phenoxy) is 2. The number of anilines is 1. The van der Waals surface area contributed by atoms with Crippen molar-refractivity contribution in [2.75, 3.05) is 78.0 Å². The minimum atomic E-state index is 0.267. The van der Waals surface area contributed by atoms with Gasteiger partial charge in [-0.1, -0.05) is 6.42 Å². The van der Waals surface area contributed by atoms with Crippen LogP contribution in [0.25, 0.3) is 11.3 Å².